The number of hydrogen-bond donors (Lipinski definition) is 1. The Kier molecular flexibility index (Phi) is 3.00. The molecule has 0 saturated carbocycles. The molecule has 0 aromatic heterocycles. The molecular weight excluding hydrogens is 219 g/mol. The van der Waals surface area contributed by atoms with Gasteiger partial charge in [0.15, 0.2) is 11.6 Å². The van der Waals surface area contributed by atoms with Crippen LogP contribution in [-0.2, 0) is 0 Å². The fourth-order valence-electron chi connectivity index (χ4n) is 1.81. The topological polar surface area (TPSA) is 29.5 Å². The highest BCUT2D eigenvalue weighted by Crippen LogP contribution is 2.29. The van der Waals surface area contributed by atoms with Crippen molar-refractivity contribution in [3.8, 4) is 22.6 Å². The Hall–Kier alpha value is -2.03. The van der Waals surface area contributed by atoms with Crippen molar-refractivity contribution in [3.63, 3.8) is 0 Å². The zero-order valence-corrected chi connectivity index (χ0v) is 9.70. The number of aromatic hydroxyl groups is 1. The summed E-state index contributed by atoms with van der Waals surface area (Å²) < 4.78 is 18.4. The summed E-state index contributed by atoms with van der Waals surface area (Å²) in [5, 5.41) is 9.33. The number of halogens is 1. The molecule has 3 heteroatoms. The van der Waals surface area contributed by atoms with Gasteiger partial charge in [0.1, 0.15) is 5.75 Å². The van der Waals surface area contributed by atoms with Crippen molar-refractivity contribution in [2.24, 2.45) is 0 Å². The molecule has 0 aliphatic heterocycles. The van der Waals surface area contributed by atoms with Crippen LogP contribution in [0.3, 0.4) is 0 Å². The van der Waals surface area contributed by atoms with Crippen LogP contribution in [0.2, 0.25) is 0 Å². The lowest BCUT2D eigenvalue weighted by Crippen LogP contribution is -1.89. The van der Waals surface area contributed by atoms with Gasteiger partial charge in [0, 0.05) is 0 Å². The number of ether oxygens (including phenoxy) is 1. The molecule has 0 amide bonds. The third-order valence-corrected chi connectivity index (χ3v) is 2.67. The zero-order valence-electron chi connectivity index (χ0n) is 9.70. The molecule has 0 spiro atoms. The molecule has 0 heterocycles. The molecule has 2 aromatic rings. The van der Waals surface area contributed by atoms with Crippen molar-refractivity contribution in [1.29, 1.82) is 0 Å². The van der Waals surface area contributed by atoms with Crippen molar-refractivity contribution < 1.29 is 14.2 Å². The van der Waals surface area contributed by atoms with E-state index in [1.165, 1.54) is 13.2 Å². The van der Waals surface area contributed by atoms with Gasteiger partial charge in [0.2, 0.25) is 0 Å². The molecule has 0 saturated heterocycles. The van der Waals surface area contributed by atoms with Crippen LogP contribution in [-0.4, -0.2) is 12.2 Å². The number of phenolic OH excluding ortho intramolecular Hbond substituents is 1. The number of benzene rings is 2. The second kappa shape index (κ2) is 4.45. The molecule has 0 bridgehead atoms. The predicted molar refractivity (Wildman–Crippen MR) is 64.8 cm³/mol. The van der Waals surface area contributed by atoms with Gasteiger partial charge < -0.3 is 9.84 Å². The van der Waals surface area contributed by atoms with Gasteiger partial charge in [-0.1, -0.05) is 12.1 Å². The summed E-state index contributed by atoms with van der Waals surface area (Å²) >= 11 is 0. The Morgan fingerprint density at radius 1 is 1.12 bits per heavy atom. The molecular formula is C14H13FO2. The maximum atomic E-state index is 13.6. The van der Waals surface area contributed by atoms with Crippen LogP contribution in [0.4, 0.5) is 4.39 Å². The van der Waals surface area contributed by atoms with Gasteiger partial charge in [-0.15, -0.1) is 0 Å². The van der Waals surface area contributed by atoms with Crippen molar-refractivity contribution in [2.75, 3.05) is 7.11 Å². The maximum absolute atomic E-state index is 13.6. The quantitative estimate of drug-likeness (QED) is 0.858. The largest absolute Gasteiger partial charge is 0.508 e. The van der Waals surface area contributed by atoms with Gasteiger partial charge in [0.05, 0.1) is 7.11 Å². The van der Waals surface area contributed by atoms with E-state index in [0.717, 1.165) is 16.7 Å². The second-order valence-corrected chi connectivity index (χ2v) is 3.85. The van der Waals surface area contributed by atoms with Crippen LogP contribution >= 0.6 is 0 Å². The molecule has 1 N–H and O–H groups in total. The highest BCUT2D eigenvalue weighted by molar-refractivity contribution is 5.68. The molecule has 17 heavy (non-hydrogen) atoms. The first-order chi connectivity index (χ1) is 8.11. The van der Waals surface area contributed by atoms with Crippen molar-refractivity contribution in [1.82, 2.24) is 0 Å². The van der Waals surface area contributed by atoms with Gasteiger partial charge in [-0.2, -0.15) is 0 Å². The summed E-state index contributed by atoms with van der Waals surface area (Å²) in [6, 6.07) is 9.82. The third kappa shape index (κ3) is 2.23. The Morgan fingerprint density at radius 3 is 2.47 bits per heavy atom. The van der Waals surface area contributed by atoms with Gasteiger partial charge in [-0.3, -0.25) is 0 Å². The van der Waals surface area contributed by atoms with Crippen molar-refractivity contribution >= 4 is 0 Å². The molecule has 0 aliphatic carbocycles. The minimum absolute atomic E-state index is 0.209. The molecule has 0 atom stereocenters. The summed E-state index contributed by atoms with van der Waals surface area (Å²) in [7, 11) is 1.43. The minimum Gasteiger partial charge on any atom is -0.508 e. The highest BCUT2D eigenvalue weighted by atomic mass is 19.1. The van der Waals surface area contributed by atoms with Gasteiger partial charge in [0.25, 0.3) is 0 Å². The smallest absolute Gasteiger partial charge is 0.165 e. The van der Waals surface area contributed by atoms with Gasteiger partial charge in [-0.05, 0) is 47.9 Å². The first-order valence-electron chi connectivity index (χ1n) is 5.25. The van der Waals surface area contributed by atoms with Crippen LogP contribution in [0.15, 0.2) is 36.4 Å². The van der Waals surface area contributed by atoms with E-state index in [0.29, 0.717) is 0 Å². The van der Waals surface area contributed by atoms with Crippen molar-refractivity contribution in [2.45, 2.75) is 6.92 Å². The standard InChI is InChI=1S/C14H13FO2/c1-9-7-11(16)4-5-12(9)10-3-6-14(17-2)13(15)8-10/h3-8,16H,1-2H3. The first-order valence-corrected chi connectivity index (χ1v) is 5.25. The van der Waals surface area contributed by atoms with Crippen LogP contribution in [0.25, 0.3) is 11.1 Å². The van der Waals surface area contributed by atoms with E-state index in [9.17, 15) is 9.50 Å². The monoisotopic (exact) mass is 232 g/mol. The van der Waals surface area contributed by atoms with E-state index in [-0.39, 0.29) is 11.5 Å². The van der Waals surface area contributed by atoms with E-state index >= 15 is 0 Å². The number of phenols is 1. The zero-order chi connectivity index (χ0) is 12.4. The highest BCUT2D eigenvalue weighted by Gasteiger charge is 2.07. The average Bonchev–Trinajstić information content (AvgIpc) is 2.29. The molecule has 0 unspecified atom stereocenters. The van der Waals surface area contributed by atoms with E-state index < -0.39 is 5.82 Å². The normalized spacial score (nSPS) is 10.3. The van der Waals surface area contributed by atoms with E-state index in [2.05, 4.69) is 0 Å². The van der Waals surface area contributed by atoms with Gasteiger partial charge in [-0.25, -0.2) is 4.39 Å². The Bertz CT molecular complexity index is 550. The lowest BCUT2D eigenvalue weighted by Gasteiger charge is -2.08. The lowest BCUT2D eigenvalue weighted by molar-refractivity contribution is 0.386. The molecule has 0 fully saturated rings. The van der Waals surface area contributed by atoms with E-state index in [1.54, 1.807) is 30.3 Å². The summed E-state index contributed by atoms with van der Waals surface area (Å²) in [6.07, 6.45) is 0. The summed E-state index contributed by atoms with van der Waals surface area (Å²) in [6.45, 7) is 1.87. The summed E-state index contributed by atoms with van der Waals surface area (Å²) in [4.78, 5) is 0. The lowest BCUT2D eigenvalue weighted by atomic mass is 10.00. The number of methoxy groups -OCH3 is 1. The predicted octanol–water partition coefficient (Wildman–Crippen LogP) is 3.52. The molecule has 2 aromatic carbocycles. The Balaban J connectivity index is 2.50. The summed E-state index contributed by atoms with van der Waals surface area (Å²) in [5.74, 6) is 0.0443. The fraction of sp³-hybridized carbons (Fsp3) is 0.143. The van der Waals surface area contributed by atoms with Crippen LogP contribution in [0.1, 0.15) is 5.56 Å². The van der Waals surface area contributed by atoms with Crippen LogP contribution < -0.4 is 4.74 Å². The molecule has 2 nitrogen and oxygen atoms in total. The first kappa shape index (κ1) is 11.5. The summed E-state index contributed by atoms with van der Waals surface area (Å²) in [5.41, 5.74) is 2.56. The van der Waals surface area contributed by atoms with Crippen molar-refractivity contribution in [3.05, 3.63) is 47.8 Å². The van der Waals surface area contributed by atoms with E-state index in [4.69, 9.17) is 4.74 Å². The fourth-order valence-corrected chi connectivity index (χ4v) is 1.81. The maximum Gasteiger partial charge on any atom is 0.165 e. The van der Waals surface area contributed by atoms with Crippen LogP contribution in [0.5, 0.6) is 11.5 Å². The minimum atomic E-state index is -0.391. The average molecular weight is 232 g/mol. The number of hydrogen-bond acceptors (Lipinski definition) is 2. The van der Waals surface area contributed by atoms with Gasteiger partial charge >= 0.3 is 0 Å². The third-order valence-electron chi connectivity index (χ3n) is 2.67. The molecule has 2 rings (SSSR count). The molecule has 0 radical (unpaired) electrons. The molecule has 88 valence electrons. The second-order valence-electron chi connectivity index (χ2n) is 3.85. The van der Waals surface area contributed by atoms with E-state index in [1.807, 2.05) is 6.92 Å². The number of rotatable bonds is 2. The SMILES string of the molecule is COc1ccc(-c2ccc(O)cc2C)cc1F. The Morgan fingerprint density at radius 2 is 1.88 bits per heavy atom. The van der Waals surface area contributed by atoms with Crippen LogP contribution in [0, 0.1) is 12.7 Å². The molecule has 0 aliphatic rings. The number of aryl methyl sites for hydroxylation is 1. The Labute approximate surface area is 99.3 Å².